The van der Waals surface area contributed by atoms with Crippen molar-refractivity contribution < 1.29 is 32.2 Å². The largest absolute Gasteiger partial charge is 0.481 e. The predicted molar refractivity (Wildman–Crippen MR) is 81.0 cm³/mol. The topological polar surface area (TPSA) is 64.6 Å². The van der Waals surface area contributed by atoms with Gasteiger partial charge in [0.05, 0.1) is 6.61 Å². The van der Waals surface area contributed by atoms with Crippen molar-refractivity contribution in [2.75, 3.05) is 13.2 Å². The Morgan fingerprint density at radius 1 is 1.25 bits per heavy atom. The molecule has 1 aromatic rings. The van der Waals surface area contributed by atoms with Gasteiger partial charge in [-0.3, -0.25) is 9.59 Å². The van der Waals surface area contributed by atoms with Crippen LogP contribution in [-0.4, -0.2) is 43.2 Å². The van der Waals surface area contributed by atoms with Crippen LogP contribution in [0.25, 0.3) is 0 Å². The first-order chi connectivity index (χ1) is 11.1. The van der Waals surface area contributed by atoms with Crippen molar-refractivity contribution in [2.45, 2.75) is 39.1 Å². The van der Waals surface area contributed by atoms with Crippen molar-refractivity contribution in [1.82, 2.24) is 5.32 Å². The number of carbonyl (C=O) groups excluding carboxylic acids is 2. The summed E-state index contributed by atoms with van der Waals surface area (Å²) in [5, 5.41) is 2.50. The van der Waals surface area contributed by atoms with Crippen LogP contribution in [0.15, 0.2) is 24.3 Å². The van der Waals surface area contributed by atoms with E-state index in [2.05, 4.69) is 10.1 Å². The SMILES string of the molecule is CC(=O)c1cccc(O[C@H](C)C(=O)N[C@@H](C)COCC(F)(F)F)c1. The van der Waals surface area contributed by atoms with E-state index in [1.54, 1.807) is 18.2 Å². The maximum atomic E-state index is 12.0. The molecule has 1 amide bonds. The number of alkyl halides is 3. The Balaban J connectivity index is 2.47. The highest BCUT2D eigenvalue weighted by atomic mass is 19.4. The van der Waals surface area contributed by atoms with Crippen LogP contribution in [0.2, 0.25) is 0 Å². The summed E-state index contributed by atoms with van der Waals surface area (Å²) in [5.41, 5.74) is 0.453. The lowest BCUT2D eigenvalue weighted by molar-refractivity contribution is -0.175. The summed E-state index contributed by atoms with van der Waals surface area (Å²) in [6.07, 6.45) is -5.28. The number of rotatable bonds is 8. The van der Waals surface area contributed by atoms with Crippen molar-refractivity contribution in [2.24, 2.45) is 0 Å². The van der Waals surface area contributed by atoms with Crippen LogP contribution in [0.1, 0.15) is 31.1 Å². The van der Waals surface area contributed by atoms with Crippen molar-refractivity contribution in [1.29, 1.82) is 0 Å². The molecule has 0 aliphatic heterocycles. The van der Waals surface area contributed by atoms with Crippen molar-refractivity contribution in [3.63, 3.8) is 0 Å². The molecule has 0 aliphatic rings. The Kier molecular flexibility index (Phi) is 7.21. The van der Waals surface area contributed by atoms with Gasteiger partial charge in [-0.25, -0.2) is 0 Å². The second-order valence-corrected chi connectivity index (χ2v) is 5.38. The molecule has 5 nitrogen and oxygen atoms in total. The third-order valence-corrected chi connectivity index (χ3v) is 2.94. The molecular weight excluding hydrogens is 327 g/mol. The summed E-state index contributed by atoms with van der Waals surface area (Å²) in [6.45, 7) is 2.81. The third kappa shape index (κ3) is 7.45. The zero-order valence-electron chi connectivity index (χ0n) is 13.6. The maximum absolute atomic E-state index is 12.0. The molecule has 1 aromatic carbocycles. The molecule has 134 valence electrons. The van der Waals surface area contributed by atoms with Gasteiger partial charge in [-0.05, 0) is 32.9 Å². The Hall–Kier alpha value is -2.09. The van der Waals surface area contributed by atoms with Crippen LogP contribution in [0, 0.1) is 0 Å². The highest BCUT2D eigenvalue weighted by Gasteiger charge is 2.28. The highest BCUT2D eigenvalue weighted by Crippen LogP contribution is 2.16. The van der Waals surface area contributed by atoms with Gasteiger partial charge < -0.3 is 14.8 Å². The maximum Gasteiger partial charge on any atom is 0.411 e. The first kappa shape index (κ1) is 20.0. The van der Waals surface area contributed by atoms with Crippen LogP contribution in [0.3, 0.4) is 0 Å². The number of amides is 1. The first-order valence-corrected chi connectivity index (χ1v) is 7.31. The van der Waals surface area contributed by atoms with E-state index in [4.69, 9.17) is 4.74 Å². The number of ether oxygens (including phenoxy) is 2. The molecule has 0 unspecified atom stereocenters. The number of halogens is 3. The van der Waals surface area contributed by atoms with Gasteiger partial charge in [-0.15, -0.1) is 0 Å². The van der Waals surface area contributed by atoms with Gasteiger partial charge in [-0.1, -0.05) is 12.1 Å². The first-order valence-electron chi connectivity index (χ1n) is 7.31. The zero-order valence-corrected chi connectivity index (χ0v) is 13.6. The lowest BCUT2D eigenvalue weighted by atomic mass is 10.1. The van der Waals surface area contributed by atoms with Crippen molar-refractivity contribution >= 4 is 11.7 Å². The molecule has 0 radical (unpaired) electrons. The van der Waals surface area contributed by atoms with Crippen molar-refractivity contribution in [3.8, 4) is 5.75 Å². The number of hydrogen-bond donors (Lipinski definition) is 1. The van der Waals surface area contributed by atoms with Gasteiger partial charge >= 0.3 is 6.18 Å². The van der Waals surface area contributed by atoms with E-state index in [1.807, 2.05) is 0 Å². The molecule has 0 fully saturated rings. The predicted octanol–water partition coefficient (Wildman–Crippen LogP) is 2.74. The van der Waals surface area contributed by atoms with E-state index in [0.29, 0.717) is 11.3 Å². The standard InChI is InChI=1S/C16H20F3NO4/c1-10(8-23-9-16(17,18)19)20-15(22)12(3)24-14-6-4-5-13(7-14)11(2)21/h4-7,10,12H,8-9H2,1-3H3,(H,20,22)/t10-,12+/m0/s1. The summed E-state index contributed by atoms with van der Waals surface area (Å²) >= 11 is 0. The number of carbonyl (C=O) groups is 2. The molecule has 24 heavy (non-hydrogen) atoms. The second-order valence-electron chi connectivity index (χ2n) is 5.38. The van der Waals surface area contributed by atoms with Crippen LogP contribution >= 0.6 is 0 Å². The van der Waals surface area contributed by atoms with Crippen LogP contribution in [-0.2, 0) is 9.53 Å². The molecule has 0 saturated carbocycles. The lowest BCUT2D eigenvalue weighted by Crippen LogP contribution is -2.43. The zero-order chi connectivity index (χ0) is 18.3. The van der Waals surface area contributed by atoms with Crippen LogP contribution in [0.4, 0.5) is 13.2 Å². The fourth-order valence-electron chi connectivity index (χ4n) is 1.80. The average molecular weight is 347 g/mol. The minimum atomic E-state index is -4.40. The average Bonchev–Trinajstić information content (AvgIpc) is 2.45. The minimum absolute atomic E-state index is 0.131. The van der Waals surface area contributed by atoms with E-state index >= 15 is 0 Å². The van der Waals surface area contributed by atoms with E-state index in [1.165, 1.54) is 26.8 Å². The molecule has 2 atom stereocenters. The van der Waals surface area contributed by atoms with E-state index in [9.17, 15) is 22.8 Å². The van der Waals surface area contributed by atoms with Gasteiger partial charge in [-0.2, -0.15) is 13.2 Å². The minimum Gasteiger partial charge on any atom is -0.481 e. The summed E-state index contributed by atoms with van der Waals surface area (Å²) in [5.74, 6) is -0.273. The van der Waals surface area contributed by atoms with Crippen LogP contribution in [0.5, 0.6) is 5.75 Å². The highest BCUT2D eigenvalue weighted by molar-refractivity contribution is 5.94. The molecule has 0 aromatic heterocycles. The Morgan fingerprint density at radius 3 is 2.50 bits per heavy atom. The molecule has 0 heterocycles. The van der Waals surface area contributed by atoms with Gasteiger partial charge in [0, 0.05) is 11.6 Å². The number of ketones is 1. The number of hydrogen-bond acceptors (Lipinski definition) is 4. The molecule has 8 heteroatoms. The molecular formula is C16H20F3NO4. The molecule has 0 aliphatic carbocycles. The Bertz CT molecular complexity index is 575. The smallest absolute Gasteiger partial charge is 0.411 e. The summed E-state index contributed by atoms with van der Waals surface area (Å²) in [6, 6.07) is 5.77. The van der Waals surface area contributed by atoms with Crippen LogP contribution < -0.4 is 10.1 Å². The van der Waals surface area contributed by atoms with Gasteiger partial charge in [0.25, 0.3) is 5.91 Å². The molecule has 0 saturated heterocycles. The summed E-state index contributed by atoms with van der Waals surface area (Å²) in [4.78, 5) is 23.3. The molecule has 1 N–H and O–H groups in total. The number of benzene rings is 1. The van der Waals surface area contributed by atoms with Gasteiger partial charge in [0.2, 0.25) is 0 Å². The second kappa shape index (κ2) is 8.68. The normalized spacial score (nSPS) is 13.9. The summed E-state index contributed by atoms with van der Waals surface area (Å²) < 4.78 is 45.8. The quantitative estimate of drug-likeness (QED) is 0.735. The fourth-order valence-corrected chi connectivity index (χ4v) is 1.80. The lowest BCUT2D eigenvalue weighted by Gasteiger charge is -2.19. The number of Topliss-reactive ketones (excluding diaryl/α,β-unsaturated/α-hetero) is 1. The van der Waals surface area contributed by atoms with E-state index in [-0.39, 0.29) is 12.4 Å². The third-order valence-electron chi connectivity index (χ3n) is 2.94. The molecule has 0 spiro atoms. The van der Waals surface area contributed by atoms with Crippen molar-refractivity contribution in [3.05, 3.63) is 29.8 Å². The fraction of sp³-hybridized carbons (Fsp3) is 0.500. The summed E-state index contributed by atoms with van der Waals surface area (Å²) in [7, 11) is 0. The van der Waals surface area contributed by atoms with Gasteiger partial charge in [0.1, 0.15) is 12.4 Å². The van der Waals surface area contributed by atoms with Gasteiger partial charge in [0.15, 0.2) is 11.9 Å². The molecule has 1 rings (SSSR count). The van der Waals surface area contributed by atoms with E-state index in [0.717, 1.165) is 0 Å². The molecule has 0 bridgehead atoms. The number of nitrogens with one attached hydrogen (secondary N) is 1. The van der Waals surface area contributed by atoms with E-state index < -0.39 is 30.8 Å². The Morgan fingerprint density at radius 2 is 1.92 bits per heavy atom. The monoisotopic (exact) mass is 347 g/mol. The Labute approximate surface area is 138 Å².